The van der Waals surface area contributed by atoms with E-state index in [0.717, 1.165) is 38.3 Å². The molecule has 0 spiro atoms. The molecule has 1 aromatic heterocycles. The van der Waals surface area contributed by atoms with E-state index in [1.165, 1.54) is 0 Å². The number of nitrogens with one attached hydrogen (secondary N) is 3. The van der Waals surface area contributed by atoms with Gasteiger partial charge in [0.05, 0.1) is 30.5 Å². The molecule has 2 aliphatic rings. The Labute approximate surface area is 171 Å². The van der Waals surface area contributed by atoms with Crippen LogP contribution in [0.3, 0.4) is 0 Å². The topological polar surface area (TPSA) is 95.6 Å². The van der Waals surface area contributed by atoms with Crippen molar-refractivity contribution in [1.82, 2.24) is 15.6 Å². The highest BCUT2D eigenvalue weighted by atomic mass is 35.5. The van der Waals surface area contributed by atoms with Gasteiger partial charge in [-0.3, -0.25) is 9.59 Å². The van der Waals surface area contributed by atoms with E-state index in [-0.39, 0.29) is 36.6 Å². The SMILES string of the molecule is COCC1(C(=O)Nc2ccc(N3CCNC(=O)C3)nc2)CCNCC1.Cl.Cl. The van der Waals surface area contributed by atoms with Crippen molar-refractivity contribution in [2.75, 3.05) is 56.7 Å². The first-order valence-electron chi connectivity index (χ1n) is 8.62. The Morgan fingerprint density at radius 1 is 1.30 bits per heavy atom. The highest BCUT2D eigenvalue weighted by Gasteiger charge is 2.39. The number of carbonyl (C=O) groups is 2. The molecule has 0 aliphatic carbocycles. The standard InChI is InChI=1S/C17H25N5O3.2ClH/c1-25-12-17(4-6-18-7-5-17)16(24)21-13-2-3-14(20-10-13)22-9-8-19-15(23)11-22;;/h2-3,10,18H,4-9,11-12H2,1H3,(H,19,23)(H,21,24);2*1H. The molecule has 0 atom stereocenters. The molecule has 2 fully saturated rings. The first kappa shape index (κ1) is 23.4. The third-order valence-corrected chi connectivity index (χ3v) is 4.83. The molecule has 0 bridgehead atoms. The van der Waals surface area contributed by atoms with Crippen molar-refractivity contribution in [2.45, 2.75) is 12.8 Å². The lowest BCUT2D eigenvalue weighted by Crippen LogP contribution is -2.48. The minimum atomic E-state index is -0.496. The highest BCUT2D eigenvalue weighted by molar-refractivity contribution is 5.95. The molecule has 2 amide bonds. The van der Waals surface area contributed by atoms with Gasteiger partial charge in [-0.2, -0.15) is 0 Å². The summed E-state index contributed by atoms with van der Waals surface area (Å²) in [6, 6.07) is 3.66. The van der Waals surface area contributed by atoms with Crippen molar-refractivity contribution < 1.29 is 14.3 Å². The predicted octanol–water partition coefficient (Wildman–Crippen LogP) is 0.816. The fourth-order valence-electron chi connectivity index (χ4n) is 3.36. The van der Waals surface area contributed by atoms with Crippen LogP contribution in [0.15, 0.2) is 18.3 Å². The van der Waals surface area contributed by atoms with Gasteiger partial charge < -0.3 is 25.6 Å². The first-order chi connectivity index (χ1) is 12.1. The van der Waals surface area contributed by atoms with Gasteiger partial charge in [0.2, 0.25) is 11.8 Å². The zero-order valence-corrected chi connectivity index (χ0v) is 17.0. The Balaban J connectivity index is 0.00000182. The van der Waals surface area contributed by atoms with Crippen molar-refractivity contribution in [3.05, 3.63) is 18.3 Å². The summed E-state index contributed by atoms with van der Waals surface area (Å²) >= 11 is 0. The number of ether oxygens (including phenoxy) is 1. The van der Waals surface area contributed by atoms with E-state index >= 15 is 0 Å². The number of methoxy groups -OCH3 is 1. The van der Waals surface area contributed by atoms with Crippen molar-refractivity contribution >= 4 is 48.1 Å². The summed E-state index contributed by atoms with van der Waals surface area (Å²) in [6.45, 7) is 3.69. The number of carbonyl (C=O) groups excluding carboxylic acids is 2. The van der Waals surface area contributed by atoms with Crippen LogP contribution in [0.25, 0.3) is 0 Å². The van der Waals surface area contributed by atoms with Gasteiger partial charge in [0.25, 0.3) is 0 Å². The maximum absolute atomic E-state index is 12.8. The molecule has 3 N–H and O–H groups in total. The summed E-state index contributed by atoms with van der Waals surface area (Å²) in [5.41, 5.74) is 0.160. The van der Waals surface area contributed by atoms with Gasteiger partial charge in [-0.15, -0.1) is 24.8 Å². The zero-order valence-electron chi connectivity index (χ0n) is 15.3. The molecular formula is C17H27Cl2N5O3. The molecule has 0 unspecified atom stereocenters. The molecular weight excluding hydrogens is 393 g/mol. The van der Waals surface area contributed by atoms with Gasteiger partial charge in [-0.1, -0.05) is 0 Å². The Bertz CT molecular complexity index is 618. The second kappa shape index (κ2) is 10.7. The minimum absolute atomic E-state index is 0. The summed E-state index contributed by atoms with van der Waals surface area (Å²) < 4.78 is 5.30. The van der Waals surface area contributed by atoms with E-state index in [4.69, 9.17) is 4.74 Å². The Hall–Kier alpha value is -1.61. The van der Waals surface area contributed by atoms with Gasteiger partial charge in [0, 0.05) is 20.2 Å². The molecule has 0 radical (unpaired) electrons. The lowest BCUT2D eigenvalue weighted by molar-refractivity contribution is -0.130. The number of hydrogen-bond donors (Lipinski definition) is 3. The van der Waals surface area contributed by atoms with Gasteiger partial charge in [0.15, 0.2) is 0 Å². The maximum atomic E-state index is 12.8. The van der Waals surface area contributed by atoms with Crippen LogP contribution in [0.5, 0.6) is 0 Å². The van der Waals surface area contributed by atoms with Crippen molar-refractivity contribution in [3.8, 4) is 0 Å². The summed E-state index contributed by atoms with van der Waals surface area (Å²) in [7, 11) is 1.63. The molecule has 2 saturated heterocycles. The Morgan fingerprint density at radius 3 is 2.63 bits per heavy atom. The Kier molecular flexibility index (Phi) is 9.25. The highest BCUT2D eigenvalue weighted by Crippen LogP contribution is 2.31. The largest absolute Gasteiger partial charge is 0.384 e. The summed E-state index contributed by atoms with van der Waals surface area (Å²) in [5, 5.41) is 9.04. The molecule has 3 rings (SSSR count). The minimum Gasteiger partial charge on any atom is -0.384 e. The van der Waals surface area contributed by atoms with Crippen LogP contribution in [0, 0.1) is 5.41 Å². The number of pyridine rings is 1. The predicted molar refractivity (Wildman–Crippen MR) is 109 cm³/mol. The van der Waals surface area contributed by atoms with E-state index in [2.05, 4.69) is 20.9 Å². The normalized spacial score (nSPS) is 18.6. The van der Waals surface area contributed by atoms with Gasteiger partial charge in [0.1, 0.15) is 5.82 Å². The van der Waals surface area contributed by atoms with E-state index in [1.54, 1.807) is 13.3 Å². The monoisotopic (exact) mass is 419 g/mol. The van der Waals surface area contributed by atoms with Gasteiger partial charge in [-0.05, 0) is 38.1 Å². The van der Waals surface area contributed by atoms with E-state index < -0.39 is 5.41 Å². The number of halogens is 2. The van der Waals surface area contributed by atoms with Crippen LogP contribution in [0.2, 0.25) is 0 Å². The number of hydrogen-bond acceptors (Lipinski definition) is 6. The van der Waals surface area contributed by atoms with E-state index in [0.29, 0.717) is 25.4 Å². The summed E-state index contributed by atoms with van der Waals surface area (Å²) in [6.07, 6.45) is 3.14. The summed E-state index contributed by atoms with van der Waals surface area (Å²) in [5.74, 6) is 0.710. The molecule has 152 valence electrons. The van der Waals surface area contributed by atoms with E-state index in [1.807, 2.05) is 17.0 Å². The molecule has 0 aromatic carbocycles. The molecule has 10 heteroatoms. The van der Waals surface area contributed by atoms with Crippen molar-refractivity contribution in [1.29, 1.82) is 0 Å². The van der Waals surface area contributed by atoms with Crippen LogP contribution in [-0.2, 0) is 14.3 Å². The van der Waals surface area contributed by atoms with Crippen molar-refractivity contribution in [2.24, 2.45) is 5.41 Å². The number of piperidine rings is 1. The number of amides is 2. The second-order valence-corrected chi connectivity index (χ2v) is 6.59. The lowest BCUT2D eigenvalue weighted by Gasteiger charge is -2.35. The van der Waals surface area contributed by atoms with Crippen LogP contribution < -0.4 is 20.9 Å². The number of anilines is 2. The smallest absolute Gasteiger partial charge is 0.239 e. The second-order valence-electron chi connectivity index (χ2n) is 6.59. The lowest BCUT2D eigenvalue weighted by atomic mass is 9.78. The molecule has 27 heavy (non-hydrogen) atoms. The third kappa shape index (κ3) is 5.68. The number of piperazine rings is 1. The first-order valence-corrected chi connectivity index (χ1v) is 8.62. The quantitative estimate of drug-likeness (QED) is 0.653. The van der Waals surface area contributed by atoms with Crippen LogP contribution in [0.1, 0.15) is 12.8 Å². The van der Waals surface area contributed by atoms with Crippen molar-refractivity contribution in [3.63, 3.8) is 0 Å². The van der Waals surface area contributed by atoms with Gasteiger partial charge in [-0.25, -0.2) is 4.98 Å². The number of nitrogens with zero attached hydrogens (tertiary/aromatic N) is 2. The third-order valence-electron chi connectivity index (χ3n) is 4.83. The Morgan fingerprint density at radius 2 is 2.04 bits per heavy atom. The van der Waals surface area contributed by atoms with Crippen LogP contribution in [0.4, 0.5) is 11.5 Å². The number of aromatic nitrogens is 1. The van der Waals surface area contributed by atoms with Crippen LogP contribution in [-0.4, -0.2) is 63.2 Å². The molecule has 3 heterocycles. The average Bonchev–Trinajstić information content (AvgIpc) is 2.63. The number of rotatable bonds is 5. The molecule has 8 nitrogen and oxygen atoms in total. The van der Waals surface area contributed by atoms with E-state index in [9.17, 15) is 9.59 Å². The average molecular weight is 420 g/mol. The molecule has 0 saturated carbocycles. The fourth-order valence-corrected chi connectivity index (χ4v) is 3.36. The van der Waals surface area contributed by atoms with Gasteiger partial charge >= 0.3 is 0 Å². The van der Waals surface area contributed by atoms with Crippen LogP contribution >= 0.6 is 24.8 Å². The summed E-state index contributed by atoms with van der Waals surface area (Å²) in [4.78, 5) is 30.6. The molecule has 2 aliphatic heterocycles. The maximum Gasteiger partial charge on any atom is 0.239 e. The fraction of sp³-hybridized carbons (Fsp3) is 0.588. The zero-order chi connectivity index (χ0) is 17.7. The molecule has 1 aromatic rings.